The van der Waals surface area contributed by atoms with Crippen molar-refractivity contribution in [3.05, 3.63) is 108 Å². The zero-order valence-corrected chi connectivity index (χ0v) is 21.2. The molecule has 0 radical (unpaired) electrons. The zero-order chi connectivity index (χ0) is 24.8. The monoisotopic (exact) mass is 468 g/mol. The van der Waals surface area contributed by atoms with Gasteiger partial charge in [0.2, 0.25) is 5.88 Å². The Hall–Kier alpha value is -3.21. The van der Waals surface area contributed by atoms with Crippen LogP contribution in [0.15, 0.2) is 96.7 Å². The van der Waals surface area contributed by atoms with E-state index in [1.54, 1.807) is 7.11 Å². The van der Waals surface area contributed by atoms with E-state index < -0.39 is 5.60 Å². The van der Waals surface area contributed by atoms with Crippen LogP contribution < -0.4 is 4.74 Å². The van der Waals surface area contributed by atoms with E-state index in [0.717, 1.165) is 35.2 Å². The summed E-state index contributed by atoms with van der Waals surface area (Å²) < 4.78 is 5.82. The van der Waals surface area contributed by atoms with Crippen LogP contribution in [0.25, 0.3) is 11.1 Å². The van der Waals surface area contributed by atoms with Gasteiger partial charge in [-0.3, -0.25) is 0 Å². The van der Waals surface area contributed by atoms with Gasteiger partial charge in [0.25, 0.3) is 0 Å². The third-order valence-electron chi connectivity index (χ3n) is 7.00. The molecule has 182 valence electrons. The van der Waals surface area contributed by atoms with Gasteiger partial charge in [0, 0.05) is 29.8 Å². The fraction of sp³-hybridized carbons (Fsp3) is 0.323. The molecule has 1 heterocycles. The van der Waals surface area contributed by atoms with Crippen LogP contribution >= 0.6 is 0 Å². The van der Waals surface area contributed by atoms with Gasteiger partial charge in [0.05, 0.1) is 7.11 Å². The minimum Gasteiger partial charge on any atom is -0.481 e. The topological polar surface area (TPSA) is 45.6 Å². The molecule has 4 heteroatoms. The SMILES string of the molecule is COc1ncc(-c2ccccc2)cc1C(C1=CC=CCC1C)C(O)(CCN(C)C)c1ccccc1. The maximum Gasteiger partial charge on any atom is 0.216 e. The van der Waals surface area contributed by atoms with Crippen molar-refractivity contribution in [3.8, 4) is 17.0 Å². The highest BCUT2D eigenvalue weighted by Gasteiger charge is 2.44. The molecule has 2 aromatic carbocycles. The maximum atomic E-state index is 12.7. The standard InChI is InChI=1S/C31H36N2O2/c1-23-13-11-12-18-27(23)29(31(34,19-20-33(2)3)26-16-9-6-10-17-26)28-21-25(22-32-30(28)35-4)24-14-7-5-8-15-24/h5-12,14-18,21-23,29,34H,13,19-20H2,1-4H3. The summed E-state index contributed by atoms with van der Waals surface area (Å²) in [4.78, 5) is 6.85. The molecule has 0 saturated carbocycles. The van der Waals surface area contributed by atoms with Gasteiger partial charge in [-0.1, -0.05) is 91.4 Å². The first-order valence-electron chi connectivity index (χ1n) is 12.3. The van der Waals surface area contributed by atoms with Crippen LogP contribution in [0.1, 0.15) is 36.8 Å². The summed E-state index contributed by atoms with van der Waals surface area (Å²) in [7, 11) is 5.75. The van der Waals surface area contributed by atoms with Crippen LogP contribution in [0, 0.1) is 5.92 Å². The lowest BCUT2D eigenvalue weighted by atomic mass is 9.67. The predicted octanol–water partition coefficient (Wildman–Crippen LogP) is 6.20. The Morgan fingerprint density at radius 3 is 2.37 bits per heavy atom. The first-order valence-corrected chi connectivity index (χ1v) is 12.3. The highest BCUT2D eigenvalue weighted by molar-refractivity contribution is 5.65. The van der Waals surface area contributed by atoms with E-state index in [2.05, 4.69) is 48.3 Å². The predicted molar refractivity (Wildman–Crippen MR) is 143 cm³/mol. The van der Waals surface area contributed by atoms with Crippen molar-refractivity contribution in [1.29, 1.82) is 0 Å². The summed E-state index contributed by atoms with van der Waals surface area (Å²) in [5.41, 5.74) is 3.96. The van der Waals surface area contributed by atoms with E-state index in [4.69, 9.17) is 9.72 Å². The number of ether oxygens (including phenoxy) is 1. The van der Waals surface area contributed by atoms with E-state index in [1.807, 2.05) is 68.8 Å². The summed E-state index contributed by atoms with van der Waals surface area (Å²) >= 11 is 0. The fourth-order valence-corrected chi connectivity index (χ4v) is 5.07. The van der Waals surface area contributed by atoms with Crippen molar-refractivity contribution >= 4 is 0 Å². The average Bonchev–Trinajstić information content (AvgIpc) is 2.89. The van der Waals surface area contributed by atoms with E-state index >= 15 is 0 Å². The zero-order valence-electron chi connectivity index (χ0n) is 21.2. The second kappa shape index (κ2) is 11.0. The molecule has 1 N–H and O–H groups in total. The molecule has 4 rings (SSSR count). The minimum absolute atomic E-state index is 0.282. The molecule has 1 aliphatic rings. The number of aliphatic hydroxyl groups is 1. The van der Waals surface area contributed by atoms with Crippen molar-refractivity contribution in [1.82, 2.24) is 9.88 Å². The number of hydrogen-bond donors (Lipinski definition) is 1. The number of methoxy groups -OCH3 is 1. The number of pyridine rings is 1. The van der Waals surface area contributed by atoms with Crippen LogP contribution in [-0.4, -0.2) is 42.7 Å². The molecule has 0 fully saturated rings. The second-order valence-corrected chi connectivity index (χ2v) is 9.70. The highest BCUT2D eigenvalue weighted by atomic mass is 16.5. The number of hydrogen-bond acceptors (Lipinski definition) is 4. The number of benzene rings is 2. The van der Waals surface area contributed by atoms with Gasteiger partial charge in [0.1, 0.15) is 5.60 Å². The summed E-state index contributed by atoms with van der Waals surface area (Å²) in [5.74, 6) is 0.511. The van der Waals surface area contributed by atoms with Crippen LogP contribution in [0.3, 0.4) is 0 Å². The van der Waals surface area contributed by atoms with Crippen LogP contribution in [-0.2, 0) is 5.60 Å². The average molecular weight is 469 g/mol. The normalized spacial score (nSPS) is 18.1. The largest absolute Gasteiger partial charge is 0.481 e. The van der Waals surface area contributed by atoms with Crippen molar-refractivity contribution < 1.29 is 9.84 Å². The van der Waals surface area contributed by atoms with Gasteiger partial charge in [-0.2, -0.15) is 0 Å². The smallest absolute Gasteiger partial charge is 0.216 e. The van der Waals surface area contributed by atoms with E-state index in [-0.39, 0.29) is 11.8 Å². The van der Waals surface area contributed by atoms with Crippen molar-refractivity contribution in [2.45, 2.75) is 31.3 Å². The lowest BCUT2D eigenvalue weighted by molar-refractivity contribution is 0.000191. The molecule has 3 aromatic rings. The lowest BCUT2D eigenvalue weighted by Gasteiger charge is -2.41. The molecule has 3 atom stereocenters. The molecular weight excluding hydrogens is 432 g/mol. The third kappa shape index (κ3) is 5.39. The Balaban J connectivity index is 1.97. The quantitative estimate of drug-likeness (QED) is 0.406. The van der Waals surface area contributed by atoms with Crippen LogP contribution in [0.5, 0.6) is 5.88 Å². The van der Waals surface area contributed by atoms with Gasteiger partial charge >= 0.3 is 0 Å². The molecule has 3 unspecified atom stereocenters. The van der Waals surface area contributed by atoms with Gasteiger partial charge in [0.15, 0.2) is 0 Å². The summed E-state index contributed by atoms with van der Waals surface area (Å²) in [5, 5.41) is 12.7. The lowest BCUT2D eigenvalue weighted by Crippen LogP contribution is -2.39. The van der Waals surface area contributed by atoms with Gasteiger partial charge in [-0.25, -0.2) is 4.98 Å². The molecule has 4 nitrogen and oxygen atoms in total. The summed E-state index contributed by atoms with van der Waals surface area (Å²) in [6.45, 7) is 2.98. The van der Waals surface area contributed by atoms with Crippen molar-refractivity contribution in [2.24, 2.45) is 5.92 Å². The molecule has 1 aromatic heterocycles. The second-order valence-electron chi connectivity index (χ2n) is 9.70. The molecule has 0 saturated heterocycles. The maximum absolute atomic E-state index is 12.7. The first kappa shape index (κ1) is 24.9. The highest BCUT2D eigenvalue weighted by Crippen LogP contribution is 2.50. The van der Waals surface area contributed by atoms with Crippen molar-refractivity contribution in [2.75, 3.05) is 27.7 Å². The van der Waals surface area contributed by atoms with E-state index in [0.29, 0.717) is 12.3 Å². The van der Waals surface area contributed by atoms with Crippen LogP contribution in [0.4, 0.5) is 0 Å². The molecule has 0 spiro atoms. The van der Waals surface area contributed by atoms with E-state index in [1.165, 1.54) is 5.57 Å². The first-order chi connectivity index (χ1) is 16.9. The Bertz CT molecular complexity index is 1170. The van der Waals surface area contributed by atoms with Gasteiger partial charge < -0.3 is 14.7 Å². The number of rotatable bonds is 9. The Morgan fingerprint density at radius 1 is 1.06 bits per heavy atom. The molecule has 0 amide bonds. The summed E-state index contributed by atoms with van der Waals surface area (Å²) in [6, 6.07) is 22.5. The molecule has 0 aliphatic heterocycles. The number of nitrogens with zero attached hydrogens (tertiary/aromatic N) is 2. The summed E-state index contributed by atoms with van der Waals surface area (Å²) in [6.07, 6.45) is 9.85. The molecule has 0 bridgehead atoms. The van der Waals surface area contributed by atoms with Gasteiger partial charge in [-0.05, 0) is 50.0 Å². The van der Waals surface area contributed by atoms with Crippen molar-refractivity contribution in [3.63, 3.8) is 0 Å². The third-order valence-corrected chi connectivity index (χ3v) is 7.00. The minimum atomic E-state index is -1.15. The number of allylic oxidation sites excluding steroid dienone is 3. The fourth-order valence-electron chi connectivity index (χ4n) is 5.07. The Labute approximate surface area is 209 Å². The van der Waals surface area contributed by atoms with Crippen LogP contribution in [0.2, 0.25) is 0 Å². The molecule has 35 heavy (non-hydrogen) atoms. The Kier molecular flexibility index (Phi) is 7.84. The Morgan fingerprint density at radius 2 is 1.74 bits per heavy atom. The van der Waals surface area contributed by atoms with Gasteiger partial charge in [-0.15, -0.1) is 0 Å². The molecular formula is C31H36N2O2. The molecule has 1 aliphatic carbocycles. The number of aromatic nitrogens is 1. The van der Waals surface area contributed by atoms with E-state index in [9.17, 15) is 5.11 Å².